The highest BCUT2D eigenvalue weighted by molar-refractivity contribution is 6.02. The second-order valence-corrected chi connectivity index (χ2v) is 5.29. The van der Waals surface area contributed by atoms with E-state index in [2.05, 4.69) is 20.2 Å². The normalized spacial score (nSPS) is 18.4. The molecule has 0 unspecified atom stereocenters. The SMILES string of the molecule is CC(=O)N1CCN(c2ncnc3c2N(C)CC(=O)N3)CC1. The van der Waals surface area contributed by atoms with E-state index in [1.165, 1.54) is 6.33 Å². The van der Waals surface area contributed by atoms with Crippen LogP contribution in [0.5, 0.6) is 0 Å². The van der Waals surface area contributed by atoms with Gasteiger partial charge in [0.05, 0.1) is 6.54 Å². The quantitative estimate of drug-likeness (QED) is 0.753. The van der Waals surface area contributed by atoms with Crippen molar-refractivity contribution in [1.29, 1.82) is 0 Å². The predicted molar refractivity (Wildman–Crippen MR) is 78.4 cm³/mol. The van der Waals surface area contributed by atoms with E-state index < -0.39 is 0 Å². The Morgan fingerprint density at radius 2 is 1.95 bits per heavy atom. The number of nitrogens with one attached hydrogen (secondary N) is 1. The number of anilines is 3. The Balaban J connectivity index is 1.86. The van der Waals surface area contributed by atoms with Crippen molar-refractivity contribution in [2.75, 3.05) is 54.9 Å². The zero-order chi connectivity index (χ0) is 15.0. The molecule has 1 fully saturated rings. The second-order valence-electron chi connectivity index (χ2n) is 5.29. The summed E-state index contributed by atoms with van der Waals surface area (Å²) in [5, 5.41) is 2.77. The third-order valence-corrected chi connectivity index (χ3v) is 3.85. The smallest absolute Gasteiger partial charge is 0.245 e. The van der Waals surface area contributed by atoms with E-state index >= 15 is 0 Å². The van der Waals surface area contributed by atoms with Crippen molar-refractivity contribution in [1.82, 2.24) is 14.9 Å². The Morgan fingerprint density at radius 3 is 2.62 bits per heavy atom. The first kappa shape index (κ1) is 13.6. The van der Waals surface area contributed by atoms with Crippen molar-refractivity contribution in [3.05, 3.63) is 6.33 Å². The van der Waals surface area contributed by atoms with Gasteiger partial charge in [0, 0.05) is 40.2 Å². The van der Waals surface area contributed by atoms with Crippen molar-refractivity contribution < 1.29 is 9.59 Å². The summed E-state index contributed by atoms with van der Waals surface area (Å²) in [6, 6.07) is 0. The number of hydrogen-bond donors (Lipinski definition) is 1. The van der Waals surface area contributed by atoms with Gasteiger partial charge in [0.15, 0.2) is 11.6 Å². The number of piperazine rings is 1. The Bertz CT molecular complexity index is 582. The average molecular weight is 290 g/mol. The van der Waals surface area contributed by atoms with Gasteiger partial charge in [-0.05, 0) is 0 Å². The molecule has 1 aromatic rings. The number of nitrogens with zero attached hydrogens (tertiary/aromatic N) is 5. The maximum atomic E-state index is 11.6. The Morgan fingerprint density at radius 1 is 1.24 bits per heavy atom. The lowest BCUT2D eigenvalue weighted by molar-refractivity contribution is -0.129. The molecule has 0 radical (unpaired) electrons. The molecule has 1 N–H and O–H groups in total. The molecule has 8 nitrogen and oxygen atoms in total. The summed E-state index contributed by atoms with van der Waals surface area (Å²) in [6.45, 7) is 4.70. The van der Waals surface area contributed by atoms with Crippen LogP contribution in [0.3, 0.4) is 0 Å². The van der Waals surface area contributed by atoms with Gasteiger partial charge in [0.2, 0.25) is 11.8 Å². The molecular formula is C13H18N6O2. The van der Waals surface area contributed by atoms with E-state index in [9.17, 15) is 9.59 Å². The van der Waals surface area contributed by atoms with Gasteiger partial charge in [-0.1, -0.05) is 0 Å². The van der Waals surface area contributed by atoms with Gasteiger partial charge >= 0.3 is 0 Å². The second kappa shape index (κ2) is 5.19. The van der Waals surface area contributed by atoms with Crippen LogP contribution in [0.15, 0.2) is 6.33 Å². The van der Waals surface area contributed by atoms with Gasteiger partial charge in [-0.25, -0.2) is 9.97 Å². The van der Waals surface area contributed by atoms with Crippen molar-refractivity contribution in [2.45, 2.75) is 6.92 Å². The van der Waals surface area contributed by atoms with Crippen molar-refractivity contribution >= 4 is 29.1 Å². The van der Waals surface area contributed by atoms with E-state index in [0.29, 0.717) is 25.5 Å². The minimum absolute atomic E-state index is 0.0731. The van der Waals surface area contributed by atoms with Crippen molar-refractivity contribution in [2.24, 2.45) is 0 Å². The third-order valence-electron chi connectivity index (χ3n) is 3.85. The molecule has 112 valence electrons. The molecule has 3 heterocycles. The summed E-state index contributed by atoms with van der Waals surface area (Å²) in [4.78, 5) is 37.3. The standard InChI is InChI=1S/C13H18N6O2/c1-9(20)18-3-5-19(6-4-18)13-11-12(14-8-15-13)16-10(21)7-17(11)2/h8H,3-7H2,1-2H3,(H,14,15,16,21). The first-order valence-electron chi connectivity index (χ1n) is 6.92. The predicted octanol–water partition coefficient (Wildman–Crippen LogP) is -0.467. The van der Waals surface area contributed by atoms with Crippen molar-refractivity contribution in [3.63, 3.8) is 0 Å². The lowest BCUT2D eigenvalue weighted by Gasteiger charge is -2.37. The van der Waals surface area contributed by atoms with Crippen LogP contribution in [0.4, 0.5) is 17.3 Å². The largest absolute Gasteiger partial charge is 0.359 e. The maximum absolute atomic E-state index is 11.6. The van der Waals surface area contributed by atoms with Gasteiger partial charge in [-0.2, -0.15) is 0 Å². The molecule has 3 rings (SSSR count). The summed E-state index contributed by atoms with van der Waals surface area (Å²) in [5.74, 6) is 1.39. The van der Waals surface area contributed by atoms with Crippen LogP contribution >= 0.6 is 0 Å². The lowest BCUT2D eigenvalue weighted by atomic mass is 10.2. The molecule has 1 aromatic heterocycles. The number of carbonyl (C=O) groups excluding carboxylic acids is 2. The van der Waals surface area contributed by atoms with E-state index in [0.717, 1.165) is 24.6 Å². The number of fused-ring (bicyclic) bond motifs is 1. The van der Waals surface area contributed by atoms with Crippen LogP contribution in [-0.2, 0) is 9.59 Å². The highest BCUT2D eigenvalue weighted by Gasteiger charge is 2.28. The number of carbonyl (C=O) groups is 2. The van der Waals surface area contributed by atoms with Crippen LogP contribution in [0.2, 0.25) is 0 Å². The van der Waals surface area contributed by atoms with Gasteiger partial charge in [0.25, 0.3) is 0 Å². The zero-order valence-corrected chi connectivity index (χ0v) is 12.2. The fourth-order valence-corrected chi connectivity index (χ4v) is 2.74. The number of aromatic nitrogens is 2. The van der Waals surface area contributed by atoms with Crippen LogP contribution in [0.1, 0.15) is 6.92 Å². The van der Waals surface area contributed by atoms with E-state index in [1.807, 2.05) is 16.8 Å². The Hall–Kier alpha value is -2.38. The molecule has 8 heteroatoms. The number of likely N-dealkylation sites (N-methyl/N-ethyl adjacent to an activating group) is 1. The molecule has 1 saturated heterocycles. The Kier molecular flexibility index (Phi) is 3.36. The number of hydrogen-bond acceptors (Lipinski definition) is 6. The van der Waals surface area contributed by atoms with Gasteiger partial charge in [-0.3, -0.25) is 9.59 Å². The molecule has 0 saturated carbocycles. The van der Waals surface area contributed by atoms with Crippen LogP contribution < -0.4 is 15.1 Å². The molecule has 0 aliphatic carbocycles. The highest BCUT2D eigenvalue weighted by Crippen LogP contribution is 2.34. The van der Waals surface area contributed by atoms with Gasteiger partial charge < -0.3 is 20.0 Å². The maximum Gasteiger partial charge on any atom is 0.245 e. The fourth-order valence-electron chi connectivity index (χ4n) is 2.74. The Labute approximate surface area is 122 Å². The van der Waals surface area contributed by atoms with Crippen LogP contribution in [-0.4, -0.2) is 66.5 Å². The molecule has 0 atom stereocenters. The fraction of sp³-hybridized carbons (Fsp3) is 0.538. The zero-order valence-electron chi connectivity index (χ0n) is 12.2. The minimum Gasteiger partial charge on any atom is -0.359 e. The van der Waals surface area contributed by atoms with Crippen molar-refractivity contribution in [3.8, 4) is 0 Å². The molecular weight excluding hydrogens is 272 g/mol. The molecule has 0 spiro atoms. The summed E-state index contributed by atoms with van der Waals surface area (Å²) in [5.41, 5.74) is 0.841. The van der Waals surface area contributed by atoms with Crippen LogP contribution in [0, 0.1) is 0 Å². The summed E-state index contributed by atoms with van der Waals surface area (Å²) >= 11 is 0. The lowest BCUT2D eigenvalue weighted by Crippen LogP contribution is -2.49. The molecule has 0 bridgehead atoms. The van der Waals surface area contributed by atoms with Crippen LogP contribution in [0.25, 0.3) is 0 Å². The first-order chi connectivity index (χ1) is 10.1. The summed E-state index contributed by atoms with van der Waals surface area (Å²) in [7, 11) is 1.86. The topological polar surface area (TPSA) is 81.7 Å². The summed E-state index contributed by atoms with van der Waals surface area (Å²) < 4.78 is 0. The third kappa shape index (κ3) is 2.48. The van der Waals surface area contributed by atoms with E-state index in [-0.39, 0.29) is 11.8 Å². The average Bonchev–Trinajstić information content (AvgIpc) is 2.46. The molecule has 2 aliphatic rings. The molecule has 2 amide bonds. The number of amides is 2. The minimum atomic E-state index is -0.0731. The molecule has 21 heavy (non-hydrogen) atoms. The van der Waals surface area contributed by atoms with Gasteiger partial charge in [0.1, 0.15) is 12.0 Å². The van der Waals surface area contributed by atoms with Gasteiger partial charge in [-0.15, -0.1) is 0 Å². The molecule has 0 aromatic carbocycles. The highest BCUT2D eigenvalue weighted by atomic mass is 16.2. The van der Waals surface area contributed by atoms with E-state index in [4.69, 9.17) is 0 Å². The monoisotopic (exact) mass is 290 g/mol. The number of rotatable bonds is 1. The summed E-state index contributed by atoms with van der Waals surface area (Å²) in [6.07, 6.45) is 1.46. The molecule has 2 aliphatic heterocycles. The van der Waals surface area contributed by atoms with E-state index in [1.54, 1.807) is 6.92 Å². The first-order valence-corrected chi connectivity index (χ1v) is 6.92.